The second kappa shape index (κ2) is 7.62. The average Bonchev–Trinajstić information content (AvgIpc) is 2.27. The number of rotatable bonds is 7. The van der Waals surface area contributed by atoms with Crippen LogP contribution in [0.3, 0.4) is 0 Å². The van der Waals surface area contributed by atoms with Gasteiger partial charge in [0.05, 0.1) is 11.4 Å². The summed E-state index contributed by atoms with van der Waals surface area (Å²) in [4.78, 5) is 0. The Morgan fingerprint density at radius 2 is 1.63 bits per heavy atom. The fraction of sp³-hybridized carbons (Fsp3) is 0.765. The maximum Gasteiger partial charge on any atom is 0.0641 e. The van der Waals surface area contributed by atoms with Crippen LogP contribution in [0, 0.1) is 10.8 Å². The highest BCUT2D eigenvalue weighted by Gasteiger charge is 2.22. The van der Waals surface area contributed by atoms with Gasteiger partial charge in [0.15, 0.2) is 0 Å². The second-order valence-corrected chi connectivity index (χ2v) is 6.91. The van der Waals surface area contributed by atoms with Gasteiger partial charge in [-0.05, 0) is 13.3 Å². The Kier molecular flexibility index (Phi) is 7.25. The van der Waals surface area contributed by atoms with Crippen LogP contribution in [0.2, 0.25) is 0 Å². The van der Waals surface area contributed by atoms with E-state index in [-0.39, 0.29) is 10.8 Å². The third kappa shape index (κ3) is 6.70. The van der Waals surface area contributed by atoms with E-state index < -0.39 is 0 Å². The van der Waals surface area contributed by atoms with Crippen molar-refractivity contribution in [1.82, 2.24) is 0 Å². The minimum atomic E-state index is 0.0326. The van der Waals surface area contributed by atoms with Crippen molar-refractivity contribution in [3.05, 3.63) is 24.0 Å². The van der Waals surface area contributed by atoms with Gasteiger partial charge >= 0.3 is 0 Å². The summed E-state index contributed by atoms with van der Waals surface area (Å²) in [5.41, 5.74) is 1.96. The molecule has 0 fully saturated rings. The molecule has 0 heterocycles. The third-order valence-corrected chi connectivity index (χ3v) is 3.51. The molecule has 0 aromatic carbocycles. The van der Waals surface area contributed by atoms with E-state index in [9.17, 15) is 0 Å². The topological polar surface area (TPSA) is 24.7 Å². The predicted molar refractivity (Wildman–Crippen MR) is 85.1 cm³/mol. The van der Waals surface area contributed by atoms with E-state index in [0.29, 0.717) is 0 Å². The van der Waals surface area contributed by atoms with E-state index in [0.717, 1.165) is 17.8 Å². The summed E-state index contributed by atoms with van der Waals surface area (Å²) < 4.78 is 0. The van der Waals surface area contributed by atoms with Gasteiger partial charge in [-0.25, -0.2) is 0 Å². The molecule has 0 radical (unpaired) electrons. The van der Waals surface area contributed by atoms with Gasteiger partial charge in [0.2, 0.25) is 0 Å². The standard InChI is InChI=1S/C17H32N2/c1-9-11-12-13-17(7,8)14(3)18-19-15(10-2)16(4,5)6/h10H,3,9,11-13H2,1-2,4-8H3/b15-10-,19-18?. The third-order valence-electron chi connectivity index (χ3n) is 3.51. The Morgan fingerprint density at radius 3 is 2.05 bits per heavy atom. The van der Waals surface area contributed by atoms with Gasteiger partial charge in [0.1, 0.15) is 0 Å². The van der Waals surface area contributed by atoms with Crippen molar-refractivity contribution in [1.29, 1.82) is 0 Å². The molecule has 0 aliphatic rings. The van der Waals surface area contributed by atoms with E-state index >= 15 is 0 Å². The van der Waals surface area contributed by atoms with E-state index in [2.05, 4.69) is 58.3 Å². The van der Waals surface area contributed by atoms with Crippen LogP contribution in [0.15, 0.2) is 34.3 Å². The Balaban J connectivity index is 4.67. The first kappa shape index (κ1) is 18.1. The van der Waals surface area contributed by atoms with Crippen molar-refractivity contribution in [2.45, 2.75) is 74.1 Å². The molecule has 0 atom stereocenters. The monoisotopic (exact) mass is 264 g/mol. The zero-order chi connectivity index (χ0) is 15.1. The molecule has 0 N–H and O–H groups in total. The molecule has 0 saturated carbocycles. The average molecular weight is 264 g/mol. The molecule has 0 saturated heterocycles. The Morgan fingerprint density at radius 1 is 1.05 bits per heavy atom. The fourth-order valence-electron chi connectivity index (χ4n) is 1.85. The van der Waals surface area contributed by atoms with Crippen LogP contribution < -0.4 is 0 Å². The molecule has 19 heavy (non-hydrogen) atoms. The summed E-state index contributed by atoms with van der Waals surface area (Å²) in [6.07, 6.45) is 6.90. The lowest BCUT2D eigenvalue weighted by Crippen LogP contribution is -2.13. The van der Waals surface area contributed by atoms with E-state index in [1.54, 1.807) is 0 Å². The molecule has 2 heteroatoms. The molecule has 0 aromatic rings. The van der Waals surface area contributed by atoms with Gasteiger partial charge in [0, 0.05) is 10.8 Å². The van der Waals surface area contributed by atoms with Crippen LogP contribution in [-0.4, -0.2) is 0 Å². The van der Waals surface area contributed by atoms with Crippen LogP contribution in [-0.2, 0) is 0 Å². The van der Waals surface area contributed by atoms with Gasteiger partial charge in [-0.1, -0.05) is 73.5 Å². The molecule has 0 unspecified atom stereocenters. The van der Waals surface area contributed by atoms with Gasteiger partial charge in [-0.2, -0.15) is 10.2 Å². The lowest BCUT2D eigenvalue weighted by Gasteiger charge is -2.24. The van der Waals surface area contributed by atoms with Crippen molar-refractivity contribution in [2.24, 2.45) is 21.1 Å². The lowest BCUT2D eigenvalue weighted by molar-refractivity contribution is 0.379. The molecule has 0 aliphatic heterocycles. The molecule has 0 rings (SSSR count). The first-order chi connectivity index (χ1) is 8.65. The fourth-order valence-corrected chi connectivity index (χ4v) is 1.85. The molecule has 0 bridgehead atoms. The van der Waals surface area contributed by atoms with Crippen LogP contribution in [0.4, 0.5) is 0 Å². The zero-order valence-electron chi connectivity index (χ0n) is 14.0. The summed E-state index contributed by atoms with van der Waals surface area (Å²) >= 11 is 0. The highest BCUT2D eigenvalue weighted by atomic mass is 15.1. The molecule has 0 aromatic heterocycles. The van der Waals surface area contributed by atoms with Gasteiger partial charge < -0.3 is 0 Å². The summed E-state index contributed by atoms with van der Waals surface area (Å²) in [6.45, 7) is 19.2. The highest BCUT2D eigenvalue weighted by Crippen LogP contribution is 2.34. The number of azo groups is 1. The molecule has 0 amide bonds. The van der Waals surface area contributed by atoms with Crippen LogP contribution in [0.25, 0.3) is 0 Å². The van der Waals surface area contributed by atoms with Gasteiger partial charge in [-0.15, -0.1) is 0 Å². The quantitative estimate of drug-likeness (QED) is 0.370. The maximum atomic E-state index is 4.39. The van der Waals surface area contributed by atoms with E-state index in [4.69, 9.17) is 0 Å². The summed E-state index contributed by atoms with van der Waals surface area (Å²) in [5.74, 6) is 0. The van der Waals surface area contributed by atoms with E-state index in [1.165, 1.54) is 19.3 Å². The van der Waals surface area contributed by atoms with Crippen molar-refractivity contribution >= 4 is 0 Å². The number of unbranched alkanes of at least 4 members (excludes halogenated alkanes) is 2. The van der Waals surface area contributed by atoms with Crippen LogP contribution in [0.1, 0.15) is 74.1 Å². The predicted octanol–water partition coefficient (Wildman–Crippen LogP) is 6.51. The highest BCUT2D eigenvalue weighted by molar-refractivity contribution is 5.10. The maximum absolute atomic E-state index is 4.39. The largest absolute Gasteiger partial charge is 0.155 e. The summed E-state index contributed by atoms with van der Waals surface area (Å²) in [7, 11) is 0. The first-order valence-electron chi connectivity index (χ1n) is 7.43. The number of allylic oxidation sites excluding steroid dienone is 3. The first-order valence-corrected chi connectivity index (χ1v) is 7.43. The molecule has 2 nitrogen and oxygen atoms in total. The molecule has 110 valence electrons. The minimum Gasteiger partial charge on any atom is -0.155 e. The van der Waals surface area contributed by atoms with Gasteiger partial charge in [-0.3, -0.25) is 0 Å². The van der Waals surface area contributed by atoms with Crippen molar-refractivity contribution in [2.75, 3.05) is 0 Å². The Bertz CT molecular complexity index is 341. The SMILES string of the molecule is C=C(N=N/C(=C\C)C(C)(C)C)C(C)(C)CCCCC. The Hall–Kier alpha value is -0.920. The number of nitrogens with zero attached hydrogens (tertiary/aromatic N) is 2. The smallest absolute Gasteiger partial charge is 0.0641 e. The molecule has 0 spiro atoms. The summed E-state index contributed by atoms with van der Waals surface area (Å²) in [6, 6.07) is 0. The molecular weight excluding hydrogens is 232 g/mol. The van der Waals surface area contributed by atoms with Crippen molar-refractivity contribution < 1.29 is 0 Å². The number of hydrogen-bond donors (Lipinski definition) is 0. The number of hydrogen-bond acceptors (Lipinski definition) is 2. The molecule has 0 aliphatic carbocycles. The van der Waals surface area contributed by atoms with E-state index in [1.807, 2.05) is 13.0 Å². The minimum absolute atomic E-state index is 0.0326. The van der Waals surface area contributed by atoms with Crippen molar-refractivity contribution in [3.8, 4) is 0 Å². The second-order valence-electron chi connectivity index (χ2n) is 6.91. The van der Waals surface area contributed by atoms with Crippen LogP contribution in [0.5, 0.6) is 0 Å². The lowest BCUT2D eigenvalue weighted by atomic mass is 9.84. The normalized spacial score (nSPS) is 14.2. The Labute approximate surface area is 120 Å². The van der Waals surface area contributed by atoms with Gasteiger partial charge in [0.25, 0.3) is 0 Å². The van der Waals surface area contributed by atoms with Crippen molar-refractivity contribution in [3.63, 3.8) is 0 Å². The summed E-state index contributed by atoms with van der Waals surface area (Å²) in [5, 5.41) is 8.77. The zero-order valence-corrected chi connectivity index (χ0v) is 14.0. The molecular formula is C17H32N2. The van der Waals surface area contributed by atoms with Crippen LogP contribution >= 0.6 is 0 Å².